The molecule has 1 amide bonds. The van der Waals surface area contributed by atoms with Gasteiger partial charge in [-0.1, -0.05) is 37.8 Å². The minimum Gasteiger partial charge on any atom is -0.506 e. The lowest BCUT2D eigenvalue weighted by molar-refractivity contribution is 0.0949. The fourth-order valence-electron chi connectivity index (χ4n) is 2.96. The molecular weight excluding hydrogens is 274 g/mol. The van der Waals surface area contributed by atoms with Crippen LogP contribution in [0.3, 0.4) is 0 Å². The number of carbonyl (C=O) groups excluding carboxylic acids is 1. The first-order valence-corrected chi connectivity index (χ1v) is 7.70. The Kier molecular flexibility index (Phi) is 5.30. The van der Waals surface area contributed by atoms with E-state index in [9.17, 15) is 9.90 Å². The van der Waals surface area contributed by atoms with Gasteiger partial charge in [-0.05, 0) is 42.9 Å². The number of hydrogen-bond donors (Lipinski definition) is 2. The molecule has 1 aromatic carbocycles. The van der Waals surface area contributed by atoms with Gasteiger partial charge in [-0.2, -0.15) is 0 Å². The molecule has 0 heterocycles. The average molecular weight is 296 g/mol. The lowest BCUT2D eigenvalue weighted by Crippen LogP contribution is -2.27. The number of hydrogen-bond acceptors (Lipinski definition) is 2. The summed E-state index contributed by atoms with van der Waals surface area (Å²) in [5.74, 6) is 1.43. The van der Waals surface area contributed by atoms with Gasteiger partial charge in [-0.25, -0.2) is 0 Å². The largest absolute Gasteiger partial charge is 0.506 e. The molecule has 1 saturated carbocycles. The van der Waals surface area contributed by atoms with Crippen molar-refractivity contribution in [1.29, 1.82) is 0 Å². The number of rotatable bonds is 4. The summed E-state index contributed by atoms with van der Waals surface area (Å²) in [5.41, 5.74) is 0.491. The van der Waals surface area contributed by atoms with Gasteiger partial charge in [-0.15, -0.1) is 0 Å². The van der Waals surface area contributed by atoms with Crippen molar-refractivity contribution in [3.05, 3.63) is 28.8 Å². The van der Waals surface area contributed by atoms with E-state index in [-0.39, 0.29) is 16.7 Å². The maximum Gasteiger partial charge on any atom is 0.251 e. The molecule has 0 radical (unpaired) electrons. The first kappa shape index (κ1) is 15.2. The van der Waals surface area contributed by atoms with E-state index in [2.05, 4.69) is 12.2 Å². The summed E-state index contributed by atoms with van der Waals surface area (Å²) in [4.78, 5) is 12.0. The van der Waals surface area contributed by atoms with Crippen LogP contribution in [0.2, 0.25) is 5.02 Å². The highest BCUT2D eigenvalue weighted by Crippen LogP contribution is 2.30. The van der Waals surface area contributed by atoms with Crippen LogP contribution in [0, 0.1) is 11.8 Å². The van der Waals surface area contributed by atoms with Crippen LogP contribution in [-0.4, -0.2) is 17.6 Å². The number of nitrogens with one attached hydrogen (secondary N) is 1. The van der Waals surface area contributed by atoms with Crippen LogP contribution >= 0.6 is 11.6 Å². The third-order valence-corrected chi connectivity index (χ3v) is 4.40. The average Bonchev–Trinajstić information content (AvgIpc) is 2.42. The van der Waals surface area contributed by atoms with E-state index < -0.39 is 0 Å². The van der Waals surface area contributed by atoms with Crippen LogP contribution < -0.4 is 5.32 Å². The first-order valence-electron chi connectivity index (χ1n) is 7.33. The number of halogens is 1. The van der Waals surface area contributed by atoms with Crippen LogP contribution in [0.1, 0.15) is 49.4 Å². The molecule has 20 heavy (non-hydrogen) atoms. The van der Waals surface area contributed by atoms with E-state index in [0.29, 0.717) is 12.1 Å². The fraction of sp³-hybridized carbons (Fsp3) is 0.562. The van der Waals surface area contributed by atoms with Crippen molar-refractivity contribution in [3.8, 4) is 5.75 Å². The van der Waals surface area contributed by atoms with Crippen molar-refractivity contribution in [2.45, 2.75) is 39.0 Å². The van der Waals surface area contributed by atoms with Crippen molar-refractivity contribution in [2.24, 2.45) is 11.8 Å². The smallest absolute Gasteiger partial charge is 0.251 e. The predicted octanol–water partition coefficient (Wildman–Crippen LogP) is 3.99. The predicted molar refractivity (Wildman–Crippen MR) is 81.2 cm³/mol. The molecule has 0 bridgehead atoms. The summed E-state index contributed by atoms with van der Waals surface area (Å²) in [6.45, 7) is 3.01. The van der Waals surface area contributed by atoms with E-state index in [1.165, 1.54) is 37.8 Å². The lowest BCUT2D eigenvalue weighted by Gasteiger charge is -2.26. The van der Waals surface area contributed by atoms with E-state index in [1.54, 1.807) is 6.07 Å². The first-order chi connectivity index (χ1) is 9.56. The number of carbonyl (C=O) groups is 1. The molecule has 0 aromatic heterocycles. The molecule has 2 unspecified atom stereocenters. The second-order valence-corrected chi connectivity index (χ2v) is 6.26. The molecule has 0 aliphatic heterocycles. The quantitative estimate of drug-likeness (QED) is 0.882. The van der Waals surface area contributed by atoms with Crippen molar-refractivity contribution in [1.82, 2.24) is 5.32 Å². The molecule has 0 saturated heterocycles. The van der Waals surface area contributed by atoms with Crippen LogP contribution in [-0.2, 0) is 0 Å². The third-order valence-electron chi connectivity index (χ3n) is 4.09. The molecule has 1 aromatic rings. The maximum absolute atomic E-state index is 12.0. The number of aromatic hydroxyl groups is 1. The van der Waals surface area contributed by atoms with Crippen molar-refractivity contribution >= 4 is 17.5 Å². The minimum atomic E-state index is -0.129. The fourth-order valence-corrected chi connectivity index (χ4v) is 3.14. The highest BCUT2D eigenvalue weighted by Gasteiger charge is 2.18. The van der Waals surface area contributed by atoms with E-state index in [0.717, 1.165) is 18.3 Å². The van der Waals surface area contributed by atoms with Crippen LogP contribution in [0.5, 0.6) is 5.75 Å². The van der Waals surface area contributed by atoms with Gasteiger partial charge in [0.1, 0.15) is 5.75 Å². The maximum atomic E-state index is 12.0. The molecular formula is C16H22ClNO2. The molecule has 0 spiro atoms. The topological polar surface area (TPSA) is 49.3 Å². The summed E-state index contributed by atoms with van der Waals surface area (Å²) in [6, 6.07) is 4.52. The van der Waals surface area contributed by atoms with Crippen molar-refractivity contribution < 1.29 is 9.90 Å². The Balaban J connectivity index is 1.78. The summed E-state index contributed by atoms with van der Waals surface area (Å²) < 4.78 is 0. The molecule has 2 N–H and O–H groups in total. The summed E-state index contributed by atoms with van der Waals surface area (Å²) in [6.07, 6.45) is 6.26. The standard InChI is InChI=1S/C16H22ClNO2/c1-11-3-2-4-12(9-11)7-8-18-16(20)13-5-6-15(19)14(17)10-13/h5-6,10-12,19H,2-4,7-9H2,1H3,(H,18,20). The number of phenols is 1. The monoisotopic (exact) mass is 295 g/mol. The van der Waals surface area contributed by atoms with Crippen molar-refractivity contribution in [3.63, 3.8) is 0 Å². The second-order valence-electron chi connectivity index (χ2n) is 5.85. The molecule has 4 heteroatoms. The summed E-state index contributed by atoms with van der Waals surface area (Å²) >= 11 is 5.80. The molecule has 1 fully saturated rings. The van der Waals surface area contributed by atoms with Gasteiger partial charge >= 0.3 is 0 Å². The Morgan fingerprint density at radius 3 is 2.95 bits per heavy atom. The van der Waals surface area contributed by atoms with Gasteiger partial charge in [0.25, 0.3) is 5.91 Å². The highest BCUT2D eigenvalue weighted by atomic mass is 35.5. The molecule has 110 valence electrons. The minimum absolute atomic E-state index is 0.000546. The second kappa shape index (κ2) is 6.98. The Hall–Kier alpha value is -1.22. The van der Waals surface area contributed by atoms with Crippen LogP contribution in [0.25, 0.3) is 0 Å². The summed E-state index contributed by atoms with van der Waals surface area (Å²) in [5, 5.41) is 12.5. The highest BCUT2D eigenvalue weighted by molar-refractivity contribution is 6.32. The Labute approximate surface area is 125 Å². The Morgan fingerprint density at radius 2 is 2.25 bits per heavy atom. The molecule has 1 aliphatic rings. The normalized spacial score (nSPS) is 22.5. The number of amides is 1. The van der Waals surface area contributed by atoms with Gasteiger partial charge < -0.3 is 10.4 Å². The zero-order valence-corrected chi connectivity index (χ0v) is 12.6. The molecule has 3 nitrogen and oxygen atoms in total. The van der Waals surface area contributed by atoms with Crippen LogP contribution in [0.15, 0.2) is 18.2 Å². The zero-order chi connectivity index (χ0) is 14.5. The number of phenolic OH excluding ortho intramolecular Hbond substituents is 1. The molecule has 2 atom stereocenters. The molecule has 1 aliphatic carbocycles. The zero-order valence-electron chi connectivity index (χ0n) is 11.9. The van der Waals surface area contributed by atoms with Crippen LogP contribution in [0.4, 0.5) is 0 Å². The van der Waals surface area contributed by atoms with E-state index >= 15 is 0 Å². The Bertz CT molecular complexity index is 476. The molecule has 2 rings (SSSR count). The Morgan fingerprint density at radius 1 is 1.45 bits per heavy atom. The number of benzene rings is 1. The van der Waals surface area contributed by atoms with Gasteiger partial charge in [0.15, 0.2) is 0 Å². The summed E-state index contributed by atoms with van der Waals surface area (Å²) in [7, 11) is 0. The third kappa shape index (κ3) is 4.14. The van der Waals surface area contributed by atoms with Gasteiger partial charge in [0.05, 0.1) is 5.02 Å². The van der Waals surface area contributed by atoms with E-state index in [4.69, 9.17) is 11.6 Å². The van der Waals surface area contributed by atoms with Gasteiger partial charge in [0.2, 0.25) is 0 Å². The SMILES string of the molecule is CC1CCCC(CCNC(=O)c2ccc(O)c(Cl)c2)C1. The lowest BCUT2D eigenvalue weighted by atomic mass is 9.81. The van der Waals surface area contributed by atoms with Gasteiger partial charge in [0, 0.05) is 12.1 Å². The van der Waals surface area contributed by atoms with Gasteiger partial charge in [-0.3, -0.25) is 4.79 Å². The van der Waals surface area contributed by atoms with Crippen molar-refractivity contribution in [2.75, 3.05) is 6.54 Å². The van der Waals surface area contributed by atoms with E-state index in [1.807, 2.05) is 0 Å².